The van der Waals surface area contributed by atoms with Gasteiger partial charge in [0.15, 0.2) is 23.1 Å². The van der Waals surface area contributed by atoms with Crippen molar-refractivity contribution in [3.63, 3.8) is 0 Å². The maximum Gasteiger partial charge on any atom is 0.303 e. The Balaban J connectivity index is 2.16. The first-order valence-electron chi connectivity index (χ1n) is 9.88. The smallest absolute Gasteiger partial charge is 0.303 e. The minimum atomic E-state index is -1.28. The number of carbonyl (C=O) groups excluding carboxylic acids is 3. The number of carboxylic acids is 1. The molecule has 0 saturated carbocycles. The van der Waals surface area contributed by atoms with E-state index in [1.54, 1.807) is 0 Å². The third-order valence-corrected chi connectivity index (χ3v) is 5.33. The Morgan fingerprint density at radius 3 is 2.29 bits per heavy atom. The first-order chi connectivity index (χ1) is 16.0. The minimum absolute atomic E-state index is 0.0510. The number of esters is 3. The summed E-state index contributed by atoms with van der Waals surface area (Å²) in [5, 5.41) is 9.30. The second-order valence-electron chi connectivity index (χ2n) is 7.38. The van der Waals surface area contributed by atoms with Gasteiger partial charge in [-0.1, -0.05) is 11.6 Å². The van der Waals surface area contributed by atoms with Gasteiger partial charge in [-0.15, -0.1) is 0 Å². The number of aliphatic carboxylic acids is 1. The van der Waals surface area contributed by atoms with E-state index < -0.39 is 60.8 Å². The van der Waals surface area contributed by atoms with Crippen LogP contribution in [0.4, 0.5) is 0 Å². The van der Waals surface area contributed by atoms with Gasteiger partial charge in [0.1, 0.15) is 24.3 Å². The number of carboxylic acid groups (broad SMARTS) is 1. The van der Waals surface area contributed by atoms with Crippen LogP contribution in [0.2, 0.25) is 10.4 Å². The lowest BCUT2D eigenvalue weighted by Gasteiger charge is -2.45. The van der Waals surface area contributed by atoms with E-state index in [1.807, 2.05) is 0 Å². The summed E-state index contributed by atoms with van der Waals surface area (Å²) < 4.78 is 23.2. The van der Waals surface area contributed by atoms with E-state index in [-0.39, 0.29) is 28.2 Å². The van der Waals surface area contributed by atoms with Crippen LogP contribution in [-0.2, 0) is 38.1 Å². The molecule has 0 spiro atoms. The van der Waals surface area contributed by atoms with E-state index in [4.69, 9.17) is 42.1 Å². The van der Waals surface area contributed by atoms with Gasteiger partial charge in [-0.3, -0.25) is 23.7 Å². The van der Waals surface area contributed by atoms with Gasteiger partial charge in [0.25, 0.3) is 0 Å². The predicted octanol–water partition coefficient (Wildman–Crippen LogP) is 1.55. The Kier molecular flexibility index (Phi) is 7.89. The summed E-state index contributed by atoms with van der Waals surface area (Å²) in [7, 11) is 0. The summed E-state index contributed by atoms with van der Waals surface area (Å²) in [6.45, 7) is 3.04. The van der Waals surface area contributed by atoms with Crippen LogP contribution in [0.1, 0.15) is 33.4 Å². The number of imidazole rings is 1. The zero-order valence-electron chi connectivity index (χ0n) is 18.1. The molecular weight excluding hydrogens is 499 g/mol. The maximum absolute atomic E-state index is 12.0. The zero-order valence-corrected chi connectivity index (χ0v) is 19.6. The molecule has 3 heterocycles. The molecule has 34 heavy (non-hydrogen) atoms. The van der Waals surface area contributed by atoms with Crippen LogP contribution in [-0.4, -0.2) is 73.4 Å². The minimum Gasteiger partial charge on any atom is -0.481 e. The molecule has 184 valence electrons. The summed E-state index contributed by atoms with van der Waals surface area (Å²) in [5.41, 5.74) is 0.267. The molecule has 0 unspecified atom stereocenters. The fourth-order valence-corrected chi connectivity index (χ4v) is 4.16. The van der Waals surface area contributed by atoms with Crippen molar-refractivity contribution in [2.45, 2.75) is 51.7 Å². The third-order valence-electron chi connectivity index (χ3n) is 4.90. The molecule has 1 aliphatic rings. The average Bonchev–Trinajstić information content (AvgIpc) is 3.12. The first kappa shape index (κ1) is 25.6. The molecule has 2 aromatic heterocycles. The average molecular weight is 519 g/mol. The topological polar surface area (TPSA) is 169 Å². The van der Waals surface area contributed by atoms with E-state index in [0.29, 0.717) is 0 Å². The van der Waals surface area contributed by atoms with Crippen LogP contribution in [0, 0.1) is 5.92 Å². The highest BCUT2D eigenvalue weighted by molar-refractivity contribution is 6.35. The summed E-state index contributed by atoms with van der Waals surface area (Å²) in [6, 6.07) is 0. The van der Waals surface area contributed by atoms with E-state index in [1.165, 1.54) is 17.8 Å². The largest absolute Gasteiger partial charge is 0.481 e. The number of fused-ring (bicyclic) bond motifs is 1. The molecule has 15 heteroatoms. The SMILES string of the molecule is CC(=O)OC[C@@H]1O[C@H](n2cnc3c(Cl)nc(Cl)nc32)[C@H](OC(C)=O)[C@H](CC(=O)O)[C@@H]1OC(C)=O. The quantitative estimate of drug-likeness (QED) is 0.243. The van der Waals surface area contributed by atoms with Crippen LogP contribution >= 0.6 is 23.2 Å². The van der Waals surface area contributed by atoms with Gasteiger partial charge in [-0.25, -0.2) is 9.97 Å². The Morgan fingerprint density at radius 1 is 1.06 bits per heavy atom. The standard InChI is InChI=1S/C19H20Cl2N4O9/c1-7(26)31-5-11-14(32-8(2)27)10(4-12(29)30)15(33-9(3)28)18(34-11)25-6-22-13-16(20)23-19(21)24-17(13)25/h6,10-11,14-15,18H,4-5H2,1-3H3,(H,29,30)/t10-,11+,14+,15-,18+/m1/s1. The van der Waals surface area contributed by atoms with Crippen LogP contribution in [0.3, 0.4) is 0 Å². The van der Waals surface area contributed by atoms with E-state index in [0.717, 1.165) is 13.8 Å². The van der Waals surface area contributed by atoms with E-state index in [2.05, 4.69) is 15.0 Å². The molecule has 3 rings (SSSR count). The van der Waals surface area contributed by atoms with Crippen molar-refractivity contribution in [1.82, 2.24) is 19.5 Å². The molecule has 0 radical (unpaired) electrons. The lowest BCUT2D eigenvalue weighted by molar-refractivity contribution is -0.250. The first-order valence-corrected chi connectivity index (χ1v) is 10.6. The zero-order chi connectivity index (χ0) is 25.2. The number of nitrogens with zero attached hydrogens (tertiary/aromatic N) is 4. The number of ether oxygens (including phenoxy) is 4. The molecule has 1 aliphatic heterocycles. The van der Waals surface area contributed by atoms with Gasteiger partial charge >= 0.3 is 23.9 Å². The molecule has 0 aliphatic carbocycles. The van der Waals surface area contributed by atoms with Crippen molar-refractivity contribution in [2.75, 3.05) is 6.61 Å². The summed E-state index contributed by atoms with van der Waals surface area (Å²) in [6.07, 6.45) is -4.17. The fourth-order valence-electron chi connectivity index (χ4n) is 3.74. The van der Waals surface area contributed by atoms with Gasteiger partial charge in [-0.05, 0) is 11.6 Å². The van der Waals surface area contributed by atoms with Gasteiger partial charge in [0.05, 0.1) is 18.7 Å². The predicted molar refractivity (Wildman–Crippen MR) is 113 cm³/mol. The number of halogens is 2. The molecule has 0 aromatic carbocycles. The second-order valence-corrected chi connectivity index (χ2v) is 8.08. The molecule has 0 amide bonds. The summed E-state index contributed by atoms with van der Waals surface area (Å²) in [5.74, 6) is -4.48. The molecule has 1 N–H and O–H groups in total. The molecule has 2 aromatic rings. The highest BCUT2D eigenvalue weighted by Gasteiger charge is 2.51. The maximum atomic E-state index is 12.0. The summed E-state index contributed by atoms with van der Waals surface area (Å²) >= 11 is 12.0. The molecule has 1 fully saturated rings. The Hall–Kier alpha value is -3.03. The molecule has 5 atom stereocenters. The van der Waals surface area contributed by atoms with E-state index >= 15 is 0 Å². The van der Waals surface area contributed by atoms with Crippen LogP contribution < -0.4 is 0 Å². The van der Waals surface area contributed by atoms with Crippen molar-refractivity contribution in [3.05, 3.63) is 16.8 Å². The Bertz CT molecular complexity index is 1120. The van der Waals surface area contributed by atoms with Crippen LogP contribution in [0.5, 0.6) is 0 Å². The number of hydrogen-bond acceptors (Lipinski definition) is 11. The highest BCUT2D eigenvalue weighted by atomic mass is 35.5. The Morgan fingerprint density at radius 2 is 1.71 bits per heavy atom. The molecule has 0 bridgehead atoms. The monoisotopic (exact) mass is 518 g/mol. The van der Waals surface area contributed by atoms with Gasteiger partial charge in [0, 0.05) is 20.8 Å². The summed E-state index contributed by atoms with van der Waals surface area (Å²) in [4.78, 5) is 59.0. The van der Waals surface area contributed by atoms with Crippen molar-refractivity contribution in [1.29, 1.82) is 0 Å². The van der Waals surface area contributed by atoms with Gasteiger partial charge < -0.3 is 24.1 Å². The lowest BCUT2D eigenvalue weighted by Crippen LogP contribution is -2.56. The molecular formula is C19H20Cl2N4O9. The lowest BCUT2D eigenvalue weighted by atomic mass is 9.85. The van der Waals surface area contributed by atoms with E-state index in [9.17, 15) is 24.3 Å². The third kappa shape index (κ3) is 5.72. The van der Waals surface area contributed by atoms with Gasteiger partial charge in [0.2, 0.25) is 5.28 Å². The number of rotatable bonds is 7. The van der Waals surface area contributed by atoms with Gasteiger partial charge in [-0.2, -0.15) is 4.98 Å². The van der Waals surface area contributed by atoms with Crippen molar-refractivity contribution >= 4 is 58.2 Å². The normalized spacial score (nSPS) is 24.4. The molecule has 1 saturated heterocycles. The van der Waals surface area contributed by atoms with Crippen LogP contribution in [0.25, 0.3) is 11.2 Å². The Labute approximate surface area is 202 Å². The number of carbonyl (C=O) groups is 4. The van der Waals surface area contributed by atoms with Crippen molar-refractivity contribution < 1.29 is 43.2 Å². The van der Waals surface area contributed by atoms with Crippen molar-refractivity contribution in [2.24, 2.45) is 5.92 Å². The number of hydrogen-bond donors (Lipinski definition) is 1. The van der Waals surface area contributed by atoms with Crippen LogP contribution in [0.15, 0.2) is 6.33 Å². The fraction of sp³-hybridized carbons (Fsp3) is 0.526. The number of aromatic nitrogens is 4. The highest BCUT2D eigenvalue weighted by Crippen LogP contribution is 2.40. The molecule has 13 nitrogen and oxygen atoms in total. The second kappa shape index (κ2) is 10.5. The van der Waals surface area contributed by atoms with Crippen molar-refractivity contribution in [3.8, 4) is 0 Å².